The van der Waals surface area contributed by atoms with E-state index in [1.807, 2.05) is 12.1 Å². The van der Waals surface area contributed by atoms with Crippen molar-refractivity contribution in [1.29, 1.82) is 0 Å². The lowest BCUT2D eigenvalue weighted by atomic mass is 9.85. The largest absolute Gasteiger partial charge is 0.514 e. The highest BCUT2D eigenvalue weighted by Crippen LogP contribution is 2.30. The van der Waals surface area contributed by atoms with Crippen LogP contribution in [0.15, 0.2) is 42.5 Å². The molecule has 0 atom stereocenters. The zero-order valence-corrected chi connectivity index (χ0v) is 18.9. The van der Waals surface area contributed by atoms with Crippen LogP contribution in [0.5, 0.6) is 5.75 Å². The first-order valence-corrected chi connectivity index (χ1v) is 11.9. The van der Waals surface area contributed by atoms with Gasteiger partial charge in [-0.15, -0.1) is 0 Å². The normalized spacial score (nSPS) is 18.5. The third kappa shape index (κ3) is 7.09. The lowest BCUT2D eigenvalue weighted by Crippen LogP contribution is -2.26. The number of rotatable bonds is 9. The Morgan fingerprint density at radius 2 is 1.71 bits per heavy atom. The number of halogens is 1. The van der Waals surface area contributed by atoms with Crippen LogP contribution in [0.2, 0.25) is 0 Å². The van der Waals surface area contributed by atoms with Gasteiger partial charge in [-0.2, -0.15) is 0 Å². The van der Waals surface area contributed by atoms with Gasteiger partial charge in [0.05, 0.1) is 0 Å². The Bertz CT molecular complexity index is 823. The van der Waals surface area contributed by atoms with E-state index in [-0.39, 0.29) is 11.9 Å². The van der Waals surface area contributed by atoms with E-state index in [4.69, 9.17) is 9.47 Å². The molecule has 0 spiro atoms. The summed E-state index contributed by atoms with van der Waals surface area (Å²) in [6, 6.07) is 12.4. The number of hydrogen-bond donors (Lipinski definition) is 0. The Kier molecular flexibility index (Phi) is 8.93. The van der Waals surface area contributed by atoms with Gasteiger partial charge in [0, 0.05) is 5.56 Å². The Hall–Kier alpha value is -2.36. The molecule has 2 aromatic rings. The summed E-state index contributed by atoms with van der Waals surface area (Å²) in [5.41, 5.74) is 2.34. The number of benzene rings is 2. The van der Waals surface area contributed by atoms with Gasteiger partial charge in [0.25, 0.3) is 0 Å². The van der Waals surface area contributed by atoms with E-state index in [0.717, 1.165) is 68.4 Å². The van der Waals surface area contributed by atoms with Crippen molar-refractivity contribution >= 4 is 6.16 Å². The first-order chi connectivity index (χ1) is 15.1. The standard InChI is InChI=1S/C27H35FO3/c1-3-5-6-8-21-11-18-25(26(28)19-21)22-12-16-24(17-13-22)31-27(29)30-23-14-9-20(7-4-2)10-15-23/h11-13,16-20,23H,3-10,14-15H2,1-2H3. The van der Waals surface area contributed by atoms with Crippen LogP contribution in [-0.4, -0.2) is 12.3 Å². The first kappa shape index (κ1) is 23.3. The van der Waals surface area contributed by atoms with Crippen LogP contribution >= 0.6 is 0 Å². The highest BCUT2D eigenvalue weighted by Gasteiger charge is 2.24. The summed E-state index contributed by atoms with van der Waals surface area (Å²) in [6.45, 7) is 4.37. The summed E-state index contributed by atoms with van der Waals surface area (Å²) in [5, 5.41) is 0. The maximum atomic E-state index is 14.6. The first-order valence-electron chi connectivity index (χ1n) is 11.9. The number of carbonyl (C=O) groups is 1. The van der Waals surface area contributed by atoms with Crippen molar-refractivity contribution in [3.8, 4) is 16.9 Å². The fourth-order valence-electron chi connectivity index (χ4n) is 4.43. The quantitative estimate of drug-likeness (QED) is 0.231. The van der Waals surface area contributed by atoms with E-state index in [1.165, 1.54) is 12.8 Å². The molecule has 1 aliphatic rings. The molecule has 2 aromatic carbocycles. The molecule has 0 bridgehead atoms. The molecule has 0 radical (unpaired) electrons. The fraction of sp³-hybridized carbons (Fsp3) is 0.519. The number of ether oxygens (including phenoxy) is 2. The number of aryl methyl sites for hydroxylation is 1. The molecule has 3 nitrogen and oxygen atoms in total. The van der Waals surface area contributed by atoms with Crippen LogP contribution in [-0.2, 0) is 11.2 Å². The van der Waals surface area contributed by atoms with Gasteiger partial charge < -0.3 is 9.47 Å². The number of hydrogen-bond acceptors (Lipinski definition) is 3. The van der Waals surface area contributed by atoms with Crippen molar-refractivity contribution in [1.82, 2.24) is 0 Å². The molecule has 0 unspecified atom stereocenters. The van der Waals surface area contributed by atoms with Gasteiger partial charge in [-0.1, -0.05) is 63.8 Å². The Balaban J connectivity index is 1.51. The van der Waals surface area contributed by atoms with E-state index in [1.54, 1.807) is 30.3 Å². The maximum Gasteiger partial charge on any atom is 0.514 e. The molecule has 0 saturated heterocycles. The minimum atomic E-state index is -0.658. The average Bonchev–Trinajstić information content (AvgIpc) is 2.76. The van der Waals surface area contributed by atoms with Crippen molar-refractivity contribution in [2.45, 2.75) is 84.2 Å². The van der Waals surface area contributed by atoms with Crippen LogP contribution in [0.1, 0.15) is 77.2 Å². The van der Waals surface area contributed by atoms with E-state index in [9.17, 15) is 9.18 Å². The number of unbranched alkanes of at least 4 members (excludes halogenated alkanes) is 2. The van der Waals surface area contributed by atoms with Gasteiger partial charge in [0.15, 0.2) is 0 Å². The molecule has 0 heterocycles. The Morgan fingerprint density at radius 3 is 2.35 bits per heavy atom. The van der Waals surface area contributed by atoms with Crippen LogP contribution in [0.4, 0.5) is 9.18 Å². The molecule has 1 saturated carbocycles. The second kappa shape index (κ2) is 11.9. The summed E-state index contributed by atoms with van der Waals surface area (Å²) in [7, 11) is 0. The van der Waals surface area contributed by atoms with Gasteiger partial charge in [-0.3, -0.25) is 0 Å². The van der Waals surface area contributed by atoms with Crippen molar-refractivity contribution in [3.63, 3.8) is 0 Å². The second-order valence-electron chi connectivity index (χ2n) is 8.70. The van der Waals surface area contributed by atoms with Crippen molar-refractivity contribution in [2.75, 3.05) is 0 Å². The van der Waals surface area contributed by atoms with Crippen LogP contribution < -0.4 is 4.74 Å². The third-order valence-electron chi connectivity index (χ3n) is 6.22. The van der Waals surface area contributed by atoms with Crippen molar-refractivity contribution < 1.29 is 18.7 Å². The van der Waals surface area contributed by atoms with Gasteiger partial charge in [-0.25, -0.2) is 9.18 Å². The lowest BCUT2D eigenvalue weighted by Gasteiger charge is -2.27. The number of carbonyl (C=O) groups excluding carboxylic acids is 1. The van der Waals surface area contributed by atoms with Gasteiger partial charge >= 0.3 is 6.16 Å². The SMILES string of the molecule is CCCCCc1ccc(-c2ccc(OC(=O)OC3CCC(CCC)CC3)cc2)c(F)c1. The third-order valence-corrected chi connectivity index (χ3v) is 6.22. The second-order valence-corrected chi connectivity index (χ2v) is 8.70. The van der Waals surface area contributed by atoms with Crippen molar-refractivity contribution in [2.24, 2.45) is 5.92 Å². The molecule has 3 rings (SSSR count). The minimum Gasteiger partial charge on any atom is -0.431 e. The fourth-order valence-corrected chi connectivity index (χ4v) is 4.43. The summed E-state index contributed by atoms with van der Waals surface area (Å²) in [5.74, 6) is 0.949. The van der Waals surface area contributed by atoms with Gasteiger partial charge in [0.1, 0.15) is 17.7 Å². The molecule has 0 amide bonds. The predicted octanol–water partition coefficient (Wildman–Crippen LogP) is 8.10. The molecular formula is C27H35FO3. The highest BCUT2D eigenvalue weighted by atomic mass is 19.1. The smallest absolute Gasteiger partial charge is 0.431 e. The molecule has 1 fully saturated rings. The van der Waals surface area contributed by atoms with E-state index in [0.29, 0.717) is 11.3 Å². The monoisotopic (exact) mass is 426 g/mol. The van der Waals surface area contributed by atoms with Crippen molar-refractivity contribution in [3.05, 3.63) is 53.8 Å². The summed E-state index contributed by atoms with van der Waals surface area (Å²) >= 11 is 0. The summed E-state index contributed by atoms with van der Waals surface area (Å²) < 4.78 is 25.4. The minimum absolute atomic E-state index is 0.0511. The Morgan fingerprint density at radius 1 is 0.968 bits per heavy atom. The van der Waals surface area contributed by atoms with Crippen LogP contribution in [0.3, 0.4) is 0 Å². The topological polar surface area (TPSA) is 35.5 Å². The maximum absolute atomic E-state index is 14.6. The van der Waals surface area contributed by atoms with E-state index in [2.05, 4.69) is 13.8 Å². The lowest BCUT2D eigenvalue weighted by molar-refractivity contribution is 0.0330. The Labute approximate surface area is 186 Å². The van der Waals surface area contributed by atoms with E-state index >= 15 is 0 Å². The highest BCUT2D eigenvalue weighted by molar-refractivity contribution is 5.67. The van der Waals surface area contributed by atoms with Crippen LogP contribution in [0, 0.1) is 11.7 Å². The summed E-state index contributed by atoms with van der Waals surface area (Å²) in [4.78, 5) is 12.1. The molecular weight excluding hydrogens is 391 g/mol. The average molecular weight is 427 g/mol. The molecule has 0 N–H and O–H groups in total. The van der Waals surface area contributed by atoms with E-state index < -0.39 is 6.16 Å². The molecule has 168 valence electrons. The molecule has 0 aromatic heterocycles. The molecule has 1 aliphatic carbocycles. The molecule has 31 heavy (non-hydrogen) atoms. The molecule has 0 aliphatic heterocycles. The zero-order valence-electron chi connectivity index (χ0n) is 18.9. The predicted molar refractivity (Wildman–Crippen MR) is 123 cm³/mol. The molecule has 4 heteroatoms. The zero-order chi connectivity index (χ0) is 22.1. The summed E-state index contributed by atoms with van der Waals surface area (Å²) in [6.07, 6.45) is 10.1. The van der Waals surface area contributed by atoms with Crippen LogP contribution in [0.25, 0.3) is 11.1 Å². The van der Waals surface area contributed by atoms with Gasteiger partial charge in [-0.05, 0) is 73.8 Å². The van der Waals surface area contributed by atoms with Gasteiger partial charge in [0.2, 0.25) is 0 Å².